The molecule has 3 heterocycles. The molecule has 2 aliphatic rings. The Hall–Kier alpha value is -6.17. The highest BCUT2D eigenvalue weighted by molar-refractivity contribution is 6.09. The molecule has 0 amide bonds. The topological polar surface area (TPSA) is 61.6 Å². The summed E-state index contributed by atoms with van der Waals surface area (Å²) in [5.74, 6) is 1.70. The normalized spacial score (nSPS) is 18.9. The van der Waals surface area contributed by atoms with Gasteiger partial charge in [0.2, 0.25) is 0 Å². The van der Waals surface area contributed by atoms with E-state index in [-0.39, 0.29) is 18.4 Å². The van der Waals surface area contributed by atoms with E-state index in [1.807, 2.05) is 18.2 Å². The third-order valence-electron chi connectivity index (χ3n) is 9.96. The van der Waals surface area contributed by atoms with Gasteiger partial charge < -0.3 is 15.1 Å². The zero-order chi connectivity index (χ0) is 32.3. The smallest absolute Gasteiger partial charge is 0.136 e. The Labute approximate surface area is 283 Å². The molecule has 0 fully saturated rings. The summed E-state index contributed by atoms with van der Waals surface area (Å²) in [7, 11) is 0. The molecule has 0 spiro atoms. The van der Waals surface area contributed by atoms with Crippen LogP contribution in [0.5, 0.6) is 0 Å². The maximum absolute atomic E-state index is 6.56. The lowest BCUT2D eigenvalue weighted by Gasteiger charge is -2.36. The standard InChI is InChI=1S/C44H32N4O/c1-2-12-29(13-3-1)42-46-43(33-21-18-27-10-4-5-14-30(27)24-33)48-44(47-42)41-40-36-16-8-9-17-38(36)49-39(40)26-37(45-41)32-22-23-35-31(25-32)20-19-28-11-6-7-15-34(28)35/h1-26,41-43,45-46H,(H,47,48). The summed E-state index contributed by atoms with van der Waals surface area (Å²) < 4.78 is 6.56. The lowest BCUT2D eigenvalue weighted by Crippen LogP contribution is -2.49. The van der Waals surface area contributed by atoms with Gasteiger partial charge in [0.1, 0.15) is 35.6 Å². The molecule has 49 heavy (non-hydrogen) atoms. The first-order valence-electron chi connectivity index (χ1n) is 16.8. The van der Waals surface area contributed by atoms with Crippen LogP contribution in [0.2, 0.25) is 0 Å². The number of hydrogen-bond acceptors (Lipinski definition) is 5. The molecular formula is C44H32N4O. The van der Waals surface area contributed by atoms with Crippen LogP contribution in [-0.4, -0.2) is 5.84 Å². The second-order valence-electron chi connectivity index (χ2n) is 12.9. The molecule has 10 rings (SSSR count). The second kappa shape index (κ2) is 11.2. The Balaban J connectivity index is 1.11. The summed E-state index contributed by atoms with van der Waals surface area (Å²) in [6, 6.07) is 53.3. The van der Waals surface area contributed by atoms with Crippen molar-refractivity contribution in [3.05, 3.63) is 180 Å². The molecule has 5 nitrogen and oxygen atoms in total. The Morgan fingerprint density at radius 1 is 0.531 bits per heavy atom. The first kappa shape index (κ1) is 27.9. The number of para-hydroxylation sites is 1. The summed E-state index contributed by atoms with van der Waals surface area (Å²) in [4.78, 5) is 5.37. The third-order valence-corrected chi connectivity index (χ3v) is 9.96. The predicted molar refractivity (Wildman–Crippen MR) is 201 cm³/mol. The highest BCUT2D eigenvalue weighted by Crippen LogP contribution is 2.40. The number of benzene rings is 7. The van der Waals surface area contributed by atoms with Crippen LogP contribution in [0.25, 0.3) is 55.1 Å². The van der Waals surface area contributed by atoms with Crippen molar-refractivity contribution in [2.24, 2.45) is 4.99 Å². The van der Waals surface area contributed by atoms with Gasteiger partial charge >= 0.3 is 0 Å². The van der Waals surface area contributed by atoms with Crippen molar-refractivity contribution in [2.75, 3.05) is 0 Å². The molecule has 2 aliphatic heterocycles. The Morgan fingerprint density at radius 3 is 2.14 bits per heavy atom. The molecule has 8 aromatic rings. The maximum Gasteiger partial charge on any atom is 0.136 e. The second-order valence-corrected chi connectivity index (χ2v) is 12.9. The van der Waals surface area contributed by atoms with Gasteiger partial charge in [-0.2, -0.15) is 0 Å². The molecule has 0 bridgehead atoms. The van der Waals surface area contributed by atoms with Crippen LogP contribution in [0.4, 0.5) is 0 Å². The number of hydrogen-bond donors (Lipinski definition) is 3. The van der Waals surface area contributed by atoms with E-state index >= 15 is 0 Å². The third kappa shape index (κ3) is 4.78. The number of fused-ring (bicyclic) bond motifs is 7. The molecule has 7 aromatic carbocycles. The summed E-state index contributed by atoms with van der Waals surface area (Å²) in [5.41, 5.74) is 6.30. The zero-order valence-corrected chi connectivity index (χ0v) is 26.6. The van der Waals surface area contributed by atoms with Crippen LogP contribution < -0.4 is 16.0 Å². The van der Waals surface area contributed by atoms with Crippen molar-refractivity contribution in [3.63, 3.8) is 0 Å². The quantitative estimate of drug-likeness (QED) is 0.169. The van der Waals surface area contributed by atoms with E-state index in [1.165, 1.54) is 32.3 Å². The maximum atomic E-state index is 6.56. The van der Waals surface area contributed by atoms with Crippen molar-refractivity contribution < 1.29 is 4.42 Å². The molecule has 0 radical (unpaired) electrons. The number of nitrogens with zero attached hydrogens (tertiary/aromatic N) is 1. The molecule has 3 atom stereocenters. The molecule has 3 N–H and O–H groups in total. The molecule has 1 aromatic heterocycles. The van der Waals surface area contributed by atoms with Crippen molar-refractivity contribution >= 4 is 60.9 Å². The van der Waals surface area contributed by atoms with Gasteiger partial charge in [-0.3, -0.25) is 5.32 Å². The van der Waals surface area contributed by atoms with Crippen LogP contribution in [0, 0.1) is 0 Å². The lowest BCUT2D eigenvalue weighted by molar-refractivity contribution is 0.399. The fraction of sp³-hybridized carbons (Fsp3) is 0.0682. The summed E-state index contributed by atoms with van der Waals surface area (Å²) in [6.07, 6.45) is 1.72. The van der Waals surface area contributed by atoms with Gasteiger partial charge in [-0.1, -0.05) is 133 Å². The molecule has 0 saturated carbocycles. The van der Waals surface area contributed by atoms with Gasteiger partial charge in [-0.15, -0.1) is 0 Å². The molecular weight excluding hydrogens is 601 g/mol. The first-order valence-corrected chi connectivity index (χ1v) is 16.8. The predicted octanol–water partition coefficient (Wildman–Crippen LogP) is 10.0. The van der Waals surface area contributed by atoms with E-state index in [0.717, 1.165) is 50.5 Å². The SMILES string of the molecule is C1=C(c2ccc3c(ccc4ccccc43)c2)NC(C2=NC(c3ccccc3)NC(c3ccc4ccccc4c3)N2)c2c1oc1ccccc21. The molecule has 234 valence electrons. The summed E-state index contributed by atoms with van der Waals surface area (Å²) >= 11 is 0. The van der Waals surface area contributed by atoms with E-state index < -0.39 is 0 Å². The Morgan fingerprint density at radius 2 is 1.24 bits per heavy atom. The Kier molecular flexibility index (Phi) is 6.39. The van der Waals surface area contributed by atoms with Crippen LogP contribution >= 0.6 is 0 Å². The number of furan rings is 1. The van der Waals surface area contributed by atoms with Crippen molar-refractivity contribution in [1.82, 2.24) is 16.0 Å². The van der Waals surface area contributed by atoms with Gasteiger partial charge in [0, 0.05) is 22.7 Å². The van der Waals surface area contributed by atoms with Gasteiger partial charge in [0.05, 0.1) is 0 Å². The lowest BCUT2D eigenvalue weighted by atomic mass is 9.93. The van der Waals surface area contributed by atoms with Gasteiger partial charge in [-0.05, 0) is 67.2 Å². The fourth-order valence-electron chi connectivity index (χ4n) is 7.53. The molecule has 0 aliphatic carbocycles. The Bertz CT molecular complexity index is 2620. The minimum absolute atomic E-state index is 0.172. The van der Waals surface area contributed by atoms with E-state index in [2.05, 4.69) is 155 Å². The number of nitrogens with one attached hydrogen (secondary N) is 3. The number of aliphatic imine (C=N–C) groups is 1. The van der Waals surface area contributed by atoms with Crippen LogP contribution in [0.3, 0.4) is 0 Å². The van der Waals surface area contributed by atoms with Gasteiger partial charge in [0.25, 0.3) is 0 Å². The largest absolute Gasteiger partial charge is 0.456 e. The van der Waals surface area contributed by atoms with Crippen molar-refractivity contribution in [3.8, 4) is 0 Å². The van der Waals surface area contributed by atoms with E-state index in [1.54, 1.807) is 0 Å². The van der Waals surface area contributed by atoms with E-state index in [4.69, 9.17) is 9.41 Å². The summed E-state index contributed by atoms with van der Waals surface area (Å²) in [5, 5.41) is 20.0. The molecule has 3 unspecified atom stereocenters. The number of rotatable bonds is 4. The first-order chi connectivity index (χ1) is 24.2. The molecule has 5 heteroatoms. The van der Waals surface area contributed by atoms with Crippen LogP contribution in [-0.2, 0) is 0 Å². The summed E-state index contributed by atoms with van der Waals surface area (Å²) in [6.45, 7) is 0. The van der Waals surface area contributed by atoms with Gasteiger partial charge in [0.15, 0.2) is 0 Å². The van der Waals surface area contributed by atoms with Crippen LogP contribution in [0.15, 0.2) is 161 Å². The van der Waals surface area contributed by atoms with E-state index in [0.29, 0.717) is 0 Å². The van der Waals surface area contributed by atoms with Crippen LogP contribution in [0.1, 0.15) is 46.4 Å². The zero-order valence-electron chi connectivity index (χ0n) is 26.6. The fourth-order valence-corrected chi connectivity index (χ4v) is 7.53. The average Bonchev–Trinajstić information content (AvgIpc) is 3.56. The highest BCUT2D eigenvalue weighted by Gasteiger charge is 2.35. The van der Waals surface area contributed by atoms with Crippen molar-refractivity contribution in [2.45, 2.75) is 18.4 Å². The highest BCUT2D eigenvalue weighted by atomic mass is 16.3. The van der Waals surface area contributed by atoms with E-state index in [9.17, 15) is 0 Å². The molecule has 0 saturated heterocycles. The van der Waals surface area contributed by atoms with Crippen molar-refractivity contribution in [1.29, 1.82) is 0 Å². The average molecular weight is 633 g/mol. The van der Waals surface area contributed by atoms with Gasteiger partial charge in [-0.25, -0.2) is 4.99 Å². The minimum atomic E-state index is -0.276. The monoisotopic (exact) mass is 632 g/mol. The number of amidine groups is 1. The minimum Gasteiger partial charge on any atom is -0.456 e.